The van der Waals surface area contributed by atoms with E-state index in [1.165, 1.54) is 6.07 Å². The molecule has 4 rings (SSSR count). The summed E-state index contributed by atoms with van der Waals surface area (Å²) < 4.78 is 0. The Kier molecular flexibility index (Phi) is 5.26. The van der Waals surface area contributed by atoms with Crippen molar-refractivity contribution < 1.29 is 10.2 Å². The smallest absolute Gasteiger partial charge is 0.157 e. The fraction of sp³-hybridized carbons (Fsp3) is 0.143. The molecule has 0 radical (unpaired) electrons. The van der Waals surface area contributed by atoms with Crippen molar-refractivity contribution in [2.24, 2.45) is 4.99 Å². The van der Waals surface area contributed by atoms with Crippen LogP contribution < -0.4 is 5.32 Å². The van der Waals surface area contributed by atoms with Crippen molar-refractivity contribution in [3.63, 3.8) is 0 Å². The van der Waals surface area contributed by atoms with Crippen molar-refractivity contribution in [1.82, 2.24) is 4.98 Å². The van der Waals surface area contributed by atoms with Gasteiger partial charge in [0.1, 0.15) is 6.34 Å². The maximum absolute atomic E-state index is 9.89. The van der Waals surface area contributed by atoms with Gasteiger partial charge in [-0.2, -0.15) is 0 Å². The zero-order valence-electron chi connectivity index (χ0n) is 15.2. The number of aromatic amines is 1. The standard InChI is InChI=1S/C19H16N4O2.C2H6/c20-10-22-18-12-3-1-2-4-14(12)23-17(13-7-8-21-19(13)18)11-5-6-15(24)16(25)9-11;1-2/h1-10,17,20-21,23-25H;1-2H3. The number of hydrogen-bond acceptors (Lipinski definition) is 4. The number of hydrogen-bond donors (Lipinski definition) is 5. The minimum Gasteiger partial charge on any atom is -0.504 e. The number of fused-ring (bicyclic) bond motifs is 2. The van der Waals surface area contributed by atoms with Crippen LogP contribution in [0.5, 0.6) is 11.5 Å². The van der Waals surface area contributed by atoms with E-state index >= 15 is 0 Å². The van der Waals surface area contributed by atoms with Crippen molar-refractivity contribution in [1.29, 1.82) is 5.41 Å². The van der Waals surface area contributed by atoms with Gasteiger partial charge < -0.3 is 20.5 Å². The van der Waals surface area contributed by atoms with Crippen LogP contribution in [-0.4, -0.2) is 27.2 Å². The van der Waals surface area contributed by atoms with Crippen molar-refractivity contribution in [3.8, 4) is 11.5 Å². The normalized spacial score (nSPS) is 16.2. The third-order valence-corrected chi connectivity index (χ3v) is 4.34. The van der Waals surface area contributed by atoms with Gasteiger partial charge in [-0.1, -0.05) is 38.1 Å². The number of nitrogens with zero attached hydrogens (tertiary/aromatic N) is 1. The quantitative estimate of drug-likeness (QED) is 0.265. The molecule has 0 amide bonds. The van der Waals surface area contributed by atoms with Gasteiger partial charge >= 0.3 is 0 Å². The number of phenolic OH excluding ortho intramolecular Hbond substituents is 2. The molecule has 3 aromatic rings. The maximum Gasteiger partial charge on any atom is 0.157 e. The lowest BCUT2D eigenvalue weighted by Crippen LogP contribution is -2.11. The number of H-pyrrole nitrogens is 1. The molecule has 0 aliphatic carbocycles. The predicted octanol–water partition coefficient (Wildman–Crippen LogP) is 4.41. The monoisotopic (exact) mass is 362 g/mol. The van der Waals surface area contributed by atoms with Gasteiger partial charge in [0.2, 0.25) is 0 Å². The highest BCUT2D eigenvalue weighted by molar-refractivity contribution is 6.18. The van der Waals surface area contributed by atoms with E-state index in [2.05, 4.69) is 15.3 Å². The summed E-state index contributed by atoms with van der Waals surface area (Å²) >= 11 is 0. The van der Waals surface area contributed by atoms with Crippen molar-refractivity contribution in [2.75, 3.05) is 5.32 Å². The molecule has 6 nitrogen and oxygen atoms in total. The zero-order chi connectivity index (χ0) is 19.4. The second-order valence-electron chi connectivity index (χ2n) is 5.79. The highest BCUT2D eigenvalue weighted by Crippen LogP contribution is 2.38. The van der Waals surface area contributed by atoms with E-state index < -0.39 is 0 Å². The molecule has 0 saturated heterocycles. The number of para-hydroxylation sites is 1. The van der Waals surface area contributed by atoms with Crippen LogP contribution in [0, 0.1) is 5.41 Å². The zero-order valence-corrected chi connectivity index (χ0v) is 15.2. The van der Waals surface area contributed by atoms with Crippen LogP contribution in [0.1, 0.15) is 42.3 Å². The van der Waals surface area contributed by atoms with Gasteiger partial charge in [0.15, 0.2) is 11.5 Å². The first-order chi connectivity index (χ1) is 13.2. The predicted molar refractivity (Wildman–Crippen MR) is 108 cm³/mol. The van der Waals surface area contributed by atoms with Crippen molar-refractivity contribution in [2.45, 2.75) is 19.9 Å². The molecule has 1 aliphatic rings. The molecular formula is C21H22N4O2. The number of nitrogens with one attached hydrogen (secondary N) is 3. The van der Waals surface area contributed by atoms with Crippen LogP contribution in [0.15, 0.2) is 59.7 Å². The molecule has 1 aliphatic heterocycles. The Morgan fingerprint density at radius 2 is 1.81 bits per heavy atom. The molecule has 1 unspecified atom stereocenters. The molecule has 0 spiro atoms. The summed E-state index contributed by atoms with van der Waals surface area (Å²) in [6.07, 6.45) is 2.86. The Hall–Kier alpha value is -3.54. The van der Waals surface area contributed by atoms with Crippen LogP contribution in [-0.2, 0) is 0 Å². The molecule has 5 N–H and O–H groups in total. The first-order valence-corrected chi connectivity index (χ1v) is 8.81. The van der Waals surface area contributed by atoms with E-state index in [4.69, 9.17) is 5.41 Å². The largest absolute Gasteiger partial charge is 0.504 e. The average molecular weight is 362 g/mol. The number of phenols is 2. The molecule has 2 aromatic carbocycles. The van der Waals surface area contributed by atoms with E-state index in [1.807, 2.05) is 50.4 Å². The van der Waals surface area contributed by atoms with Gasteiger partial charge in [-0.25, -0.2) is 4.99 Å². The van der Waals surface area contributed by atoms with Crippen LogP contribution in [0.3, 0.4) is 0 Å². The molecule has 0 saturated carbocycles. The minimum absolute atomic E-state index is 0.155. The second kappa shape index (κ2) is 7.78. The third-order valence-electron chi connectivity index (χ3n) is 4.34. The van der Waals surface area contributed by atoms with Crippen LogP contribution in [0.4, 0.5) is 5.69 Å². The Morgan fingerprint density at radius 1 is 1.04 bits per heavy atom. The number of benzene rings is 2. The minimum atomic E-state index is -0.243. The Balaban J connectivity index is 0.00000102. The fourth-order valence-electron chi connectivity index (χ4n) is 3.19. The molecule has 27 heavy (non-hydrogen) atoms. The molecule has 138 valence electrons. The Morgan fingerprint density at radius 3 is 2.56 bits per heavy atom. The second-order valence-corrected chi connectivity index (χ2v) is 5.79. The van der Waals surface area contributed by atoms with Crippen molar-refractivity contribution >= 4 is 17.7 Å². The number of rotatable bonds is 2. The summed E-state index contributed by atoms with van der Waals surface area (Å²) in [7, 11) is 0. The van der Waals surface area contributed by atoms with Gasteiger partial charge in [-0.05, 0) is 29.8 Å². The first kappa shape index (κ1) is 18.3. The van der Waals surface area contributed by atoms with E-state index in [1.54, 1.807) is 12.1 Å². The van der Waals surface area contributed by atoms with Gasteiger partial charge in [-0.3, -0.25) is 5.41 Å². The highest BCUT2D eigenvalue weighted by Gasteiger charge is 2.27. The summed E-state index contributed by atoms with van der Waals surface area (Å²) in [6, 6.07) is 14.3. The summed E-state index contributed by atoms with van der Waals surface area (Å²) in [6.45, 7) is 4.00. The van der Waals surface area contributed by atoms with E-state index in [9.17, 15) is 10.2 Å². The molecule has 1 atom stereocenters. The molecule has 1 aromatic heterocycles. The van der Waals surface area contributed by atoms with Crippen LogP contribution in [0.25, 0.3) is 0 Å². The molecular weight excluding hydrogens is 340 g/mol. The summed E-state index contributed by atoms with van der Waals surface area (Å²) in [5, 5.41) is 30.4. The van der Waals surface area contributed by atoms with Gasteiger partial charge in [-0.15, -0.1) is 0 Å². The van der Waals surface area contributed by atoms with Gasteiger partial charge in [0.05, 0.1) is 17.4 Å². The molecule has 0 bridgehead atoms. The summed E-state index contributed by atoms with van der Waals surface area (Å²) in [5.41, 5.74) is 5.02. The van der Waals surface area contributed by atoms with E-state index in [0.717, 1.165) is 34.4 Å². The van der Waals surface area contributed by atoms with Crippen LogP contribution in [0.2, 0.25) is 0 Å². The number of aliphatic imine (C=N–C) groups is 1. The fourth-order valence-corrected chi connectivity index (χ4v) is 3.19. The SMILES string of the molecule is CC.N=CN=C1c2ccccc2NC(c2ccc(O)c(O)c2)c2cc[nH]c21. The number of anilines is 1. The van der Waals surface area contributed by atoms with Crippen LogP contribution >= 0.6 is 0 Å². The Labute approximate surface area is 157 Å². The first-order valence-electron chi connectivity index (χ1n) is 8.81. The number of aromatic hydroxyl groups is 2. The Bertz CT molecular complexity index is 991. The van der Waals surface area contributed by atoms with E-state index in [0.29, 0.717) is 5.71 Å². The molecule has 2 heterocycles. The lowest BCUT2D eigenvalue weighted by Gasteiger charge is -2.19. The lowest BCUT2D eigenvalue weighted by atomic mass is 9.97. The maximum atomic E-state index is 9.89. The number of aromatic nitrogens is 1. The van der Waals surface area contributed by atoms with Gasteiger partial charge in [0.25, 0.3) is 0 Å². The van der Waals surface area contributed by atoms with Gasteiger partial charge in [0, 0.05) is 23.0 Å². The summed E-state index contributed by atoms with van der Waals surface area (Å²) in [5.74, 6) is -0.319. The third kappa shape index (κ3) is 3.29. The molecule has 0 fully saturated rings. The topological polar surface area (TPSA) is 104 Å². The average Bonchev–Trinajstić information content (AvgIpc) is 3.13. The van der Waals surface area contributed by atoms with E-state index in [-0.39, 0.29) is 17.5 Å². The summed E-state index contributed by atoms with van der Waals surface area (Å²) in [4.78, 5) is 7.47. The van der Waals surface area contributed by atoms with Crippen molar-refractivity contribution in [3.05, 3.63) is 77.1 Å². The highest BCUT2D eigenvalue weighted by atomic mass is 16.3. The molecule has 6 heteroatoms. The lowest BCUT2D eigenvalue weighted by molar-refractivity contribution is 0.403.